The molecule has 20 aromatic rings. The number of hydrogen-bond donors (Lipinski definition) is 6. The highest BCUT2D eigenvalue weighted by atomic mass is 32.1. The third-order valence-electron chi connectivity index (χ3n) is 6.74. The van der Waals surface area contributed by atoms with Gasteiger partial charge in [-0.25, -0.2) is 33.9 Å². The molecular formula is C51H57N35O7S7. The minimum Gasteiger partial charge on any atom is -0.473 e. The van der Waals surface area contributed by atoms with Gasteiger partial charge in [0, 0.05) is 71.0 Å². The van der Waals surface area contributed by atoms with E-state index in [1.54, 1.807) is 150 Å². The van der Waals surface area contributed by atoms with Crippen molar-refractivity contribution in [2.75, 3.05) is 0 Å². The van der Waals surface area contributed by atoms with E-state index >= 15 is 0 Å². The first kappa shape index (κ1) is 84.5. The number of hydrogen-bond acceptors (Lipinski definition) is 43. The van der Waals surface area contributed by atoms with E-state index in [-0.39, 0.29) is 0 Å². The van der Waals surface area contributed by atoms with E-state index < -0.39 is 0 Å². The predicted octanol–water partition coefficient (Wildman–Crippen LogP) is 9.74. The minimum absolute atomic E-state index is 1.21. The molecule has 100 heavy (non-hydrogen) atoms. The van der Waals surface area contributed by atoms with Crippen molar-refractivity contribution >= 4 is 80.3 Å². The molecule has 0 spiro atoms. The maximum Gasteiger partial charge on any atom is 0.213 e. The first-order chi connectivity index (χ1) is 50.0. The summed E-state index contributed by atoms with van der Waals surface area (Å²) in [4.78, 5) is 27.2. The molecule has 0 saturated carbocycles. The first-order valence-corrected chi connectivity index (χ1v) is 32.1. The molecule has 49 heteroatoms. The van der Waals surface area contributed by atoms with E-state index in [1.807, 2.05) is 87.8 Å². The molecule has 20 aromatic heterocycles. The molecule has 0 aromatic carbocycles. The van der Waals surface area contributed by atoms with Gasteiger partial charge in [0.25, 0.3) is 0 Å². The van der Waals surface area contributed by atoms with Crippen molar-refractivity contribution in [3.63, 3.8) is 0 Å². The zero-order valence-corrected chi connectivity index (χ0v) is 56.8. The molecule has 42 nitrogen and oxygen atoms in total. The molecule has 0 fully saturated rings. The summed E-state index contributed by atoms with van der Waals surface area (Å²) in [5, 5.41) is 80.0. The quantitative estimate of drug-likeness (QED) is 0.0822. The predicted molar refractivity (Wildman–Crippen MR) is 362 cm³/mol. The lowest BCUT2D eigenvalue weighted by molar-refractivity contribution is 0.307. The number of oxazole rings is 1. The van der Waals surface area contributed by atoms with Gasteiger partial charge >= 0.3 is 0 Å². The van der Waals surface area contributed by atoms with Crippen molar-refractivity contribution in [3.05, 3.63) is 310 Å². The summed E-state index contributed by atoms with van der Waals surface area (Å²) >= 11 is 10.2. The van der Waals surface area contributed by atoms with Gasteiger partial charge in [-0.15, -0.1) is 63.5 Å². The van der Waals surface area contributed by atoms with Crippen LogP contribution in [0.15, 0.2) is 341 Å². The number of rotatable bonds is 0. The lowest BCUT2D eigenvalue weighted by atomic mass is 10.7. The number of nitrogens with zero attached hydrogens (tertiary/aromatic N) is 29. The Balaban J connectivity index is 0.000000526. The number of nitrogens with one attached hydrogen (secondary N) is 6. The Morgan fingerprint density at radius 3 is 1.35 bits per heavy atom. The Morgan fingerprint density at radius 1 is 0.310 bits per heavy atom. The molecule has 0 amide bonds. The van der Waals surface area contributed by atoms with E-state index in [0.717, 1.165) is 0 Å². The zero-order valence-electron chi connectivity index (χ0n) is 51.1. The van der Waals surface area contributed by atoms with Gasteiger partial charge in [0.2, 0.25) is 19.2 Å². The number of tetrazole rings is 1. The molecule has 0 unspecified atom stereocenters. The SMILES string of the molecule is c1c[nH]cn1.c1cc[nH]c1.c1ccoc1.c1ccsc1.c1cn[nH]c1.c1cn[nH]n1.c1cnoc1.c1cnon1.c1cnsc1.c1cnsn1.c1cocn1.c1conn1.c1cscn1.c1csnn1.c1nc[nH]n1.c1ncon1.c1ncsn1.c1nn[nH]n1.c1nnco1.c1nncs1. The van der Waals surface area contributed by atoms with Crippen LogP contribution in [-0.4, -0.2) is 175 Å². The standard InChI is InChI=1S/C4H5N.C4H4O.C4H4S.2C3H4N2.2C3H3NO.2C3H3NS.2C2H3N3.4C2H2N2O.4C2H2N2S.CH2N4/c3*1-2-4-5-3-1;1-2-5-3-4-1;1-2-4-5-3-1;1-2-5-3-4-1;1-2-4-5-3-1;1-2-5-3-4-1;1-2-4-5-3-1;1-3-2-5-4-1;1-2-4-5-3-1;1-3-4-2-5-1;1-3-2-5-4-1;1-2-5-4-3-1;1-2-4-5-3-1;1-3-4-2-5-1;1-3-2-5-4-1;1-2-5-4-3-1;2*1-2-4-5-3-1/h1-5H;2*1-4H;2*1-3H,(H,4,5);4*1-3H;2*1-2H,(H,3,4,5);8*1-2H;1H,(H,2,3,4,5). The van der Waals surface area contributed by atoms with Crippen molar-refractivity contribution in [2.45, 2.75) is 0 Å². The highest BCUT2D eigenvalue weighted by molar-refractivity contribution is 7.08. The third-order valence-corrected chi connectivity index (χ3v) is 10.1. The molecule has 6 N–H and O–H groups in total. The van der Waals surface area contributed by atoms with Crippen LogP contribution in [-0.2, 0) is 0 Å². The third kappa shape index (κ3) is 78.8. The van der Waals surface area contributed by atoms with Crippen molar-refractivity contribution in [1.82, 2.24) is 175 Å². The van der Waals surface area contributed by atoms with Gasteiger partial charge in [0.05, 0.1) is 98.1 Å². The van der Waals surface area contributed by atoms with Gasteiger partial charge in [-0.3, -0.25) is 15.2 Å². The second-order valence-corrected chi connectivity index (χ2v) is 18.1. The highest BCUT2D eigenvalue weighted by Crippen LogP contribution is 1.92. The largest absolute Gasteiger partial charge is 0.473 e. The lowest BCUT2D eigenvalue weighted by Gasteiger charge is -1.50. The normalized spacial score (nSPS) is 8.00. The molecule has 20 heterocycles. The van der Waals surface area contributed by atoms with Crippen LogP contribution in [0, 0.1) is 0 Å². The average molecular weight is 1500 g/mol. The molecule has 0 atom stereocenters. The second kappa shape index (κ2) is 81.6. The van der Waals surface area contributed by atoms with Gasteiger partial charge < -0.3 is 36.8 Å². The average Bonchev–Trinajstić information content (AvgIpc) is 4.57. The summed E-state index contributed by atoms with van der Waals surface area (Å²) < 4.78 is 48.5. The number of H-pyrrole nitrogens is 6. The number of furan rings is 1. The van der Waals surface area contributed by atoms with E-state index in [4.69, 9.17) is 0 Å². The smallest absolute Gasteiger partial charge is 0.213 e. The van der Waals surface area contributed by atoms with Crippen LogP contribution in [0.5, 0.6) is 0 Å². The van der Waals surface area contributed by atoms with E-state index in [9.17, 15) is 0 Å². The Morgan fingerprint density at radius 2 is 1.15 bits per heavy atom. The van der Waals surface area contributed by atoms with Crippen LogP contribution in [0.1, 0.15) is 0 Å². The van der Waals surface area contributed by atoms with Gasteiger partial charge in [0.1, 0.15) is 54.3 Å². The van der Waals surface area contributed by atoms with E-state index in [2.05, 4.69) is 206 Å². The molecular weight excluding hydrogens is 1440 g/mol. The summed E-state index contributed by atoms with van der Waals surface area (Å²) in [6.45, 7) is 0. The molecule has 0 bridgehead atoms. The lowest BCUT2D eigenvalue weighted by Crippen LogP contribution is -1.64. The summed E-state index contributed by atoms with van der Waals surface area (Å²) in [6.07, 6.45) is 51.5. The first-order valence-electron chi connectivity index (χ1n) is 26.1. The molecule has 0 aliphatic heterocycles. The molecule has 520 valence electrons. The van der Waals surface area contributed by atoms with Crippen LogP contribution < -0.4 is 0 Å². The fourth-order valence-corrected chi connectivity index (χ4v) is 5.66. The number of thiophene rings is 1. The Bertz CT molecular complexity index is 2420. The molecule has 0 radical (unpaired) electrons. The van der Waals surface area contributed by atoms with Crippen LogP contribution in [0.4, 0.5) is 0 Å². The fraction of sp³-hybridized carbons (Fsp3) is 0. The van der Waals surface area contributed by atoms with Gasteiger partial charge in [-0.05, 0) is 87.8 Å². The Labute approximate surface area is 592 Å². The number of aromatic nitrogens is 35. The number of thiazole rings is 1. The maximum absolute atomic E-state index is 4.58. The number of imidazole rings is 1. The van der Waals surface area contributed by atoms with Crippen molar-refractivity contribution < 1.29 is 31.4 Å². The summed E-state index contributed by atoms with van der Waals surface area (Å²) in [7, 11) is 0. The maximum atomic E-state index is 4.58. The van der Waals surface area contributed by atoms with Crippen LogP contribution in [0.25, 0.3) is 0 Å². The van der Waals surface area contributed by atoms with Crippen molar-refractivity contribution in [3.8, 4) is 0 Å². The van der Waals surface area contributed by atoms with Crippen molar-refractivity contribution in [1.29, 1.82) is 0 Å². The summed E-state index contributed by atoms with van der Waals surface area (Å²) in [5.41, 5.74) is 6.83. The van der Waals surface area contributed by atoms with E-state index in [1.165, 1.54) is 152 Å². The van der Waals surface area contributed by atoms with Crippen LogP contribution in [0.2, 0.25) is 0 Å². The summed E-state index contributed by atoms with van der Waals surface area (Å²) in [5.74, 6) is 0. The second-order valence-electron chi connectivity index (χ2n) is 13.3. The Kier molecular flexibility index (Phi) is 69.0. The number of aromatic amines is 6. The van der Waals surface area contributed by atoms with E-state index in [0.29, 0.717) is 0 Å². The molecule has 0 aliphatic rings. The van der Waals surface area contributed by atoms with Crippen molar-refractivity contribution in [2.24, 2.45) is 0 Å². The monoisotopic (exact) mass is 1500 g/mol. The zero-order chi connectivity index (χ0) is 70.7. The molecule has 0 aliphatic carbocycles. The molecule has 20 rings (SSSR count). The fourth-order valence-electron chi connectivity index (χ4n) is 3.42. The topological polar surface area (TPSA) is 561 Å². The summed E-state index contributed by atoms with van der Waals surface area (Å²) in [6, 6.07) is 17.1. The van der Waals surface area contributed by atoms with Crippen LogP contribution in [0.3, 0.4) is 0 Å². The minimum atomic E-state index is 1.21. The molecule has 0 saturated heterocycles. The Hall–Kier alpha value is -13.5. The van der Waals surface area contributed by atoms with Gasteiger partial charge in [-0.1, -0.05) is 42.5 Å². The van der Waals surface area contributed by atoms with Gasteiger partial charge in [-0.2, -0.15) is 55.3 Å². The van der Waals surface area contributed by atoms with Gasteiger partial charge in [0.15, 0.2) is 19.0 Å². The van der Waals surface area contributed by atoms with Crippen LogP contribution >= 0.6 is 80.3 Å². The highest BCUT2D eigenvalue weighted by Gasteiger charge is 1.69.